The van der Waals surface area contributed by atoms with E-state index in [1.165, 1.54) is 6.07 Å². The zero-order chi connectivity index (χ0) is 13.0. The van der Waals surface area contributed by atoms with Crippen LogP contribution in [0.2, 0.25) is 0 Å². The number of hydrogen-bond acceptors (Lipinski definition) is 3. The first kappa shape index (κ1) is 12.1. The molecular weight excluding hydrogens is 230 g/mol. The van der Waals surface area contributed by atoms with Crippen molar-refractivity contribution in [2.45, 2.75) is 13.5 Å². The van der Waals surface area contributed by atoms with Gasteiger partial charge in [-0.05, 0) is 36.2 Å². The van der Waals surface area contributed by atoms with E-state index in [2.05, 4.69) is 6.07 Å². The van der Waals surface area contributed by atoms with Crippen LogP contribution in [0.25, 0.3) is 0 Å². The van der Waals surface area contributed by atoms with Gasteiger partial charge < -0.3 is 4.74 Å². The highest BCUT2D eigenvalue weighted by atomic mass is 16.6. The first-order valence-corrected chi connectivity index (χ1v) is 5.49. The molecule has 0 bridgehead atoms. The van der Waals surface area contributed by atoms with E-state index in [1.54, 1.807) is 30.3 Å². The SMILES string of the molecule is Cc1cc(COc2cc[c]cc2)cc([N+](=O)[O-])c1. The molecule has 4 nitrogen and oxygen atoms in total. The summed E-state index contributed by atoms with van der Waals surface area (Å²) in [7, 11) is 0. The number of nitro benzene ring substituents is 1. The van der Waals surface area contributed by atoms with Crippen LogP contribution in [0.3, 0.4) is 0 Å². The Labute approximate surface area is 105 Å². The summed E-state index contributed by atoms with van der Waals surface area (Å²) in [6.45, 7) is 2.14. The molecule has 1 radical (unpaired) electrons. The Morgan fingerprint density at radius 1 is 1.28 bits per heavy atom. The lowest BCUT2D eigenvalue weighted by Crippen LogP contribution is -1.98. The molecule has 0 unspecified atom stereocenters. The average Bonchev–Trinajstić information content (AvgIpc) is 2.37. The monoisotopic (exact) mass is 242 g/mol. The number of nitrogens with zero attached hydrogens (tertiary/aromatic N) is 1. The third kappa shape index (κ3) is 3.07. The van der Waals surface area contributed by atoms with Crippen molar-refractivity contribution in [3.8, 4) is 5.75 Å². The van der Waals surface area contributed by atoms with Crippen molar-refractivity contribution in [3.05, 3.63) is 69.8 Å². The van der Waals surface area contributed by atoms with Crippen LogP contribution in [-0.2, 0) is 6.61 Å². The molecule has 0 heterocycles. The number of non-ortho nitro benzene ring substituents is 1. The first-order chi connectivity index (χ1) is 8.65. The van der Waals surface area contributed by atoms with Gasteiger partial charge in [0.25, 0.3) is 5.69 Å². The highest BCUT2D eigenvalue weighted by Gasteiger charge is 2.08. The zero-order valence-corrected chi connectivity index (χ0v) is 9.92. The van der Waals surface area contributed by atoms with Gasteiger partial charge in [0.15, 0.2) is 0 Å². The summed E-state index contributed by atoms with van der Waals surface area (Å²) in [4.78, 5) is 10.3. The smallest absolute Gasteiger partial charge is 0.270 e. The number of aryl methyl sites for hydroxylation is 1. The number of benzene rings is 2. The summed E-state index contributed by atoms with van der Waals surface area (Å²) >= 11 is 0. The van der Waals surface area contributed by atoms with E-state index in [1.807, 2.05) is 13.0 Å². The molecule has 2 aromatic rings. The number of rotatable bonds is 4. The second-order valence-corrected chi connectivity index (χ2v) is 3.96. The molecule has 0 aliphatic rings. The second kappa shape index (κ2) is 5.31. The van der Waals surface area contributed by atoms with Crippen LogP contribution in [0.5, 0.6) is 5.75 Å². The quantitative estimate of drug-likeness (QED) is 0.610. The molecule has 0 aromatic heterocycles. The van der Waals surface area contributed by atoms with Crippen LogP contribution >= 0.6 is 0 Å². The highest BCUT2D eigenvalue weighted by molar-refractivity contribution is 5.38. The Bertz CT molecular complexity index is 552. The number of nitro groups is 1. The van der Waals surface area contributed by atoms with Crippen LogP contribution < -0.4 is 4.74 Å². The topological polar surface area (TPSA) is 52.4 Å². The fourth-order valence-electron chi connectivity index (χ4n) is 1.66. The third-order valence-corrected chi connectivity index (χ3v) is 2.43. The minimum atomic E-state index is -0.395. The molecule has 0 aliphatic heterocycles. The van der Waals surface area contributed by atoms with Gasteiger partial charge >= 0.3 is 0 Å². The highest BCUT2D eigenvalue weighted by Crippen LogP contribution is 2.18. The normalized spacial score (nSPS) is 10.1. The molecule has 91 valence electrons. The van der Waals surface area contributed by atoms with Gasteiger partial charge in [0.2, 0.25) is 0 Å². The molecule has 0 fully saturated rings. The summed E-state index contributed by atoms with van der Waals surface area (Å²) in [5, 5.41) is 10.7. The Morgan fingerprint density at radius 3 is 2.67 bits per heavy atom. The maximum atomic E-state index is 10.7. The molecule has 18 heavy (non-hydrogen) atoms. The fraction of sp³-hybridized carbons (Fsp3) is 0.143. The van der Waals surface area contributed by atoms with Crippen LogP contribution in [0.15, 0.2) is 42.5 Å². The predicted molar refractivity (Wildman–Crippen MR) is 67.4 cm³/mol. The van der Waals surface area contributed by atoms with Crippen LogP contribution in [0.1, 0.15) is 11.1 Å². The lowest BCUT2D eigenvalue weighted by molar-refractivity contribution is -0.385. The fourth-order valence-corrected chi connectivity index (χ4v) is 1.66. The van der Waals surface area contributed by atoms with Gasteiger partial charge in [0.05, 0.1) is 4.92 Å². The number of ether oxygens (including phenoxy) is 1. The van der Waals surface area contributed by atoms with Gasteiger partial charge in [0, 0.05) is 12.1 Å². The van der Waals surface area contributed by atoms with E-state index in [0.29, 0.717) is 6.61 Å². The summed E-state index contributed by atoms with van der Waals surface area (Å²) in [5.74, 6) is 0.720. The largest absolute Gasteiger partial charge is 0.489 e. The standard InChI is InChI=1S/C14H12NO3/c1-11-7-12(9-13(8-11)15(16)17)10-18-14-5-3-2-4-6-14/h3-9H,10H2,1H3. The van der Waals surface area contributed by atoms with Gasteiger partial charge in [-0.25, -0.2) is 0 Å². The molecule has 2 aromatic carbocycles. The second-order valence-electron chi connectivity index (χ2n) is 3.96. The molecule has 0 saturated heterocycles. The van der Waals surface area contributed by atoms with Crippen LogP contribution in [-0.4, -0.2) is 4.92 Å². The molecular formula is C14H12NO3. The molecule has 4 heteroatoms. The van der Waals surface area contributed by atoms with Gasteiger partial charge in [-0.15, -0.1) is 0 Å². The predicted octanol–water partition coefficient (Wildman–Crippen LogP) is 3.28. The van der Waals surface area contributed by atoms with Crippen LogP contribution in [0.4, 0.5) is 5.69 Å². The van der Waals surface area contributed by atoms with E-state index >= 15 is 0 Å². The molecule has 0 atom stereocenters. The van der Waals surface area contributed by atoms with E-state index in [-0.39, 0.29) is 5.69 Å². The molecule has 0 amide bonds. The van der Waals surface area contributed by atoms with Gasteiger partial charge in [0.1, 0.15) is 12.4 Å². The Hall–Kier alpha value is -2.36. The summed E-state index contributed by atoms with van der Waals surface area (Å²) in [6.07, 6.45) is 0. The number of hydrogen-bond donors (Lipinski definition) is 0. The average molecular weight is 242 g/mol. The molecule has 0 N–H and O–H groups in total. The molecule has 0 aliphatic carbocycles. The molecule has 0 spiro atoms. The van der Waals surface area contributed by atoms with Gasteiger partial charge in [-0.1, -0.05) is 18.2 Å². The van der Waals surface area contributed by atoms with Gasteiger partial charge in [-0.3, -0.25) is 10.1 Å². The van der Waals surface area contributed by atoms with E-state index < -0.39 is 4.92 Å². The van der Waals surface area contributed by atoms with E-state index in [4.69, 9.17) is 4.74 Å². The lowest BCUT2D eigenvalue weighted by Gasteiger charge is -2.06. The molecule has 0 saturated carbocycles. The van der Waals surface area contributed by atoms with Crippen molar-refractivity contribution < 1.29 is 9.66 Å². The first-order valence-electron chi connectivity index (χ1n) is 5.49. The minimum absolute atomic E-state index is 0.0926. The summed E-state index contributed by atoms with van der Waals surface area (Å²) < 4.78 is 5.54. The minimum Gasteiger partial charge on any atom is -0.489 e. The van der Waals surface area contributed by atoms with Gasteiger partial charge in [-0.2, -0.15) is 0 Å². The van der Waals surface area contributed by atoms with Crippen molar-refractivity contribution in [1.82, 2.24) is 0 Å². The van der Waals surface area contributed by atoms with Crippen molar-refractivity contribution in [1.29, 1.82) is 0 Å². The van der Waals surface area contributed by atoms with Crippen molar-refractivity contribution >= 4 is 5.69 Å². The van der Waals surface area contributed by atoms with Crippen molar-refractivity contribution in [2.24, 2.45) is 0 Å². The summed E-state index contributed by atoms with van der Waals surface area (Å²) in [6, 6.07) is 15.0. The third-order valence-electron chi connectivity index (χ3n) is 2.43. The Kier molecular flexibility index (Phi) is 3.57. The molecule has 2 rings (SSSR count). The Balaban J connectivity index is 2.12. The van der Waals surface area contributed by atoms with E-state index in [0.717, 1.165) is 16.9 Å². The Morgan fingerprint density at radius 2 is 2.00 bits per heavy atom. The van der Waals surface area contributed by atoms with Crippen LogP contribution in [0, 0.1) is 23.1 Å². The van der Waals surface area contributed by atoms with Crippen molar-refractivity contribution in [3.63, 3.8) is 0 Å². The summed E-state index contributed by atoms with van der Waals surface area (Å²) in [5.41, 5.74) is 1.73. The van der Waals surface area contributed by atoms with E-state index in [9.17, 15) is 10.1 Å². The zero-order valence-electron chi connectivity index (χ0n) is 9.92. The van der Waals surface area contributed by atoms with Crippen molar-refractivity contribution in [2.75, 3.05) is 0 Å². The lowest BCUT2D eigenvalue weighted by atomic mass is 10.1. The maximum absolute atomic E-state index is 10.7. The maximum Gasteiger partial charge on any atom is 0.270 e.